The van der Waals surface area contributed by atoms with E-state index < -0.39 is 5.97 Å². The molecule has 1 aromatic carbocycles. The molecule has 0 bridgehead atoms. The quantitative estimate of drug-likeness (QED) is 0.669. The minimum atomic E-state index is -0.488. The Balaban J connectivity index is 3.23. The van der Waals surface area contributed by atoms with Gasteiger partial charge in [0.15, 0.2) is 0 Å². The van der Waals surface area contributed by atoms with Crippen LogP contribution in [0.1, 0.15) is 22.8 Å². The summed E-state index contributed by atoms with van der Waals surface area (Å²) in [5.74, 6) is -0.617. The molecule has 0 spiro atoms. The largest absolute Gasteiger partial charge is 0.507 e. The molecule has 0 aromatic heterocycles. The predicted molar refractivity (Wildman–Crippen MR) is 61.5 cm³/mol. The third kappa shape index (κ3) is 2.39. The minimum absolute atomic E-state index is 0.0983. The Kier molecular flexibility index (Phi) is 3.91. The molecule has 0 aliphatic rings. The maximum absolute atomic E-state index is 11.4. The van der Waals surface area contributed by atoms with Crippen LogP contribution in [0.3, 0.4) is 0 Å². The van der Waals surface area contributed by atoms with Gasteiger partial charge in [-0.2, -0.15) is 5.26 Å². The number of hydrogen-bond donors (Lipinski definition) is 1. The highest BCUT2D eigenvalue weighted by Crippen LogP contribution is 2.25. The molecule has 0 fully saturated rings. The summed E-state index contributed by atoms with van der Waals surface area (Å²) in [6.45, 7) is 1.98. The van der Waals surface area contributed by atoms with Crippen molar-refractivity contribution in [2.75, 3.05) is 6.61 Å². The number of nitrogens with zero attached hydrogens (tertiary/aromatic N) is 1. The maximum atomic E-state index is 11.4. The highest BCUT2D eigenvalue weighted by atomic mass is 127. The van der Waals surface area contributed by atoms with E-state index in [2.05, 4.69) is 0 Å². The maximum Gasteiger partial charge on any atom is 0.339 e. The molecule has 0 aliphatic heterocycles. The number of carbonyl (C=O) groups excluding carboxylic acids is 1. The van der Waals surface area contributed by atoms with Crippen molar-refractivity contribution in [1.82, 2.24) is 0 Å². The van der Waals surface area contributed by atoms with Gasteiger partial charge in [0.1, 0.15) is 17.4 Å². The molecule has 1 rings (SSSR count). The van der Waals surface area contributed by atoms with Gasteiger partial charge in [0.05, 0.1) is 12.2 Å². The van der Waals surface area contributed by atoms with Crippen molar-refractivity contribution in [3.05, 3.63) is 26.8 Å². The number of aromatic hydroxyl groups is 1. The zero-order valence-corrected chi connectivity index (χ0v) is 10.1. The molecule has 0 radical (unpaired) electrons. The van der Waals surface area contributed by atoms with Gasteiger partial charge in [-0.05, 0) is 41.6 Å². The van der Waals surface area contributed by atoms with Crippen molar-refractivity contribution in [3.63, 3.8) is 0 Å². The van der Waals surface area contributed by atoms with Gasteiger partial charge >= 0.3 is 5.97 Å². The summed E-state index contributed by atoms with van der Waals surface area (Å²) in [6.07, 6.45) is 0. The van der Waals surface area contributed by atoms with Crippen LogP contribution in [-0.2, 0) is 4.74 Å². The average molecular weight is 317 g/mol. The highest BCUT2D eigenvalue weighted by molar-refractivity contribution is 14.1. The highest BCUT2D eigenvalue weighted by Gasteiger charge is 2.16. The first-order valence-electron chi connectivity index (χ1n) is 4.20. The molecular weight excluding hydrogens is 309 g/mol. The van der Waals surface area contributed by atoms with Gasteiger partial charge < -0.3 is 9.84 Å². The minimum Gasteiger partial charge on any atom is -0.507 e. The summed E-state index contributed by atoms with van der Waals surface area (Å²) >= 11 is 1.84. The lowest BCUT2D eigenvalue weighted by molar-refractivity contribution is 0.0525. The molecule has 1 N–H and O–H groups in total. The number of nitriles is 1. The molecule has 78 valence electrons. The number of rotatable bonds is 2. The second kappa shape index (κ2) is 4.98. The van der Waals surface area contributed by atoms with Crippen LogP contribution in [0.2, 0.25) is 0 Å². The molecule has 15 heavy (non-hydrogen) atoms. The molecule has 1 aromatic rings. The van der Waals surface area contributed by atoms with Crippen molar-refractivity contribution in [2.45, 2.75) is 6.92 Å². The molecule has 5 heteroatoms. The molecule has 0 saturated carbocycles. The van der Waals surface area contributed by atoms with E-state index in [0.29, 0.717) is 9.13 Å². The zero-order valence-electron chi connectivity index (χ0n) is 7.95. The molecule has 0 atom stereocenters. The Morgan fingerprint density at radius 2 is 2.33 bits per heavy atom. The summed E-state index contributed by atoms with van der Waals surface area (Å²) in [6, 6.07) is 4.59. The topological polar surface area (TPSA) is 70.3 Å². The zero-order chi connectivity index (χ0) is 11.4. The number of phenols is 1. The molecular formula is C10H8INO3. The number of hydrogen-bond acceptors (Lipinski definition) is 4. The van der Waals surface area contributed by atoms with E-state index in [1.165, 1.54) is 12.1 Å². The van der Waals surface area contributed by atoms with E-state index in [9.17, 15) is 9.90 Å². The van der Waals surface area contributed by atoms with Crippen molar-refractivity contribution in [3.8, 4) is 11.8 Å². The molecule has 0 saturated heterocycles. The fraction of sp³-hybridized carbons (Fsp3) is 0.200. The number of ether oxygens (including phenoxy) is 1. The lowest BCUT2D eigenvalue weighted by Gasteiger charge is -2.06. The van der Waals surface area contributed by atoms with Crippen LogP contribution in [0.5, 0.6) is 5.75 Å². The van der Waals surface area contributed by atoms with Gasteiger partial charge in [-0.1, -0.05) is 0 Å². The van der Waals surface area contributed by atoms with Crippen LogP contribution in [0.25, 0.3) is 0 Å². The second-order valence-electron chi connectivity index (χ2n) is 2.65. The van der Waals surface area contributed by atoms with Gasteiger partial charge in [0.25, 0.3) is 0 Å². The number of carbonyl (C=O) groups is 1. The van der Waals surface area contributed by atoms with Crippen molar-refractivity contribution < 1.29 is 14.6 Å². The van der Waals surface area contributed by atoms with Gasteiger partial charge in [-0.25, -0.2) is 4.79 Å². The third-order valence-corrected chi connectivity index (χ3v) is 2.85. The Labute approximate surface area is 101 Å². The Hall–Kier alpha value is -1.29. The van der Waals surface area contributed by atoms with E-state index in [-0.39, 0.29) is 17.9 Å². The summed E-state index contributed by atoms with van der Waals surface area (Å²) in [7, 11) is 0. The van der Waals surface area contributed by atoms with Crippen LogP contribution < -0.4 is 0 Å². The normalized spacial score (nSPS) is 9.40. The van der Waals surface area contributed by atoms with Crippen molar-refractivity contribution in [2.24, 2.45) is 0 Å². The standard InChI is InChI=1S/C10H8INO3/c1-2-15-10(14)6-3-4-8(13)7(5-12)9(6)11/h3-4,13H,2H2,1H3. The Morgan fingerprint density at radius 1 is 1.67 bits per heavy atom. The molecule has 0 amide bonds. The van der Waals surface area contributed by atoms with E-state index in [0.717, 1.165) is 0 Å². The second-order valence-corrected chi connectivity index (χ2v) is 3.73. The smallest absolute Gasteiger partial charge is 0.339 e. The summed E-state index contributed by atoms with van der Waals surface area (Å²) in [5.41, 5.74) is 0.396. The first-order chi connectivity index (χ1) is 7.11. The van der Waals surface area contributed by atoms with E-state index in [1.54, 1.807) is 6.92 Å². The van der Waals surface area contributed by atoms with E-state index in [1.807, 2.05) is 28.7 Å². The average Bonchev–Trinajstić information content (AvgIpc) is 2.18. The SMILES string of the molecule is CCOC(=O)c1ccc(O)c(C#N)c1I. The summed E-state index contributed by atoms with van der Waals surface area (Å²) < 4.78 is 5.22. The molecule has 0 unspecified atom stereocenters. The predicted octanol–water partition coefficient (Wildman–Crippen LogP) is 2.05. The van der Waals surface area contributed by atoms with Crippen LogP contribution in [-0.4, -0.2) is 17.7 Å². The van der Waals surface area contributed by atoms with Crippen LogP contribution in [0, 0.1) is 14.9 Å². The Morgan fingerprint density at radius 3 is 2.87 bits per heavy atom. The van der Waals surface area contributed by atoms with Crippen molar-refractivity contribution >= 4 is 28.6 Å². The van der Waals surface area contributed by atoms with Gasteiger partial charge in [-0.3, -0.25) is 0 Å². The monoisotopic (exact) mass is 317 g/mol. The Bertz CT molecular complexity index is 437. The van der Waals surface area contributed by atoms with Crippen LogP contribution in [0.4, 0.5) is 0 Å². The molecule has 4 nitrogen and oxygen atoms in total. The number of phenolic OH excluding ortho intramolecular Hbond substituents is 1. The number of halogens is 1. The summed E-state index contributed by atoms with van der Waals surface area (Å²) in [4.78, 5) is 11.4. The third-order valence-electron chi connectivity index (χ3n) is 1.73. The van der Waals surface area contributed by atoms with Gasteiger partial charge in [-0.15, -0.1) is 0 Å². The van der Waals surface area contributed by atoms with Gasteiger partial charge in [0.2, 0.25) is 0 Å². The lowest BCUT2D eigenvalue weighted by atomic mass is 10.1. The van der Waals surface area contributed by atoms with Crippen LogP contribution >= 0.6 is 22.6 Å². The number of benzene rings is 1. The fourth-order valence-corrected chi connectivity index (χ4v) is 1.84. The van der Waals surface area contributed by atoms with Crippen molar-refractivity contribution in [1.29, 1.82) is 5.26 Å². The fourth-order valence-electron chi connectivity index (χ4n) is 1.04. The van der Waals surface area contributed by atoms with E-state index in [4.69, 9.17) is 10.00 Å². The molecule has 0 aliphatic carbocycles. The first kappa shape index (κ1) is 11.8. The first-order valence-corrected chi connectivity index (χ1v) is 5.28. The van der Waals surface area contributed by atoms with Crippen LogP contribution in [0.15, 0.2) is 12.1 Å². The molecule has 0 heterocycles. The summed E-state index contributed by atoms with van der Waals surface area (Å²) in [5, 5.41) is 18.1. The lowest BCUT2D eigenvalue weighted by Crippen LogP contribution is -2.07. The van der Waals surface area contributed by atoms with E-state index >= 15 is 0 Å². The number of esters is 1. The van der Waals surface area contributed by atoms with Gasteiger partial charge in [0, 0.05) is 3.57 Å².